The molecule has 1 aromatic heterocycles. The van der Waals surface area contributed by atoms with Crippen molar-refractivity contribution in [3.63, 3.8) is 0 Å². The maximum atomic E-state index is 12.4. The summed E-state index contributed by atoms with van der Waals surface area (Å²) >= 11 is 0. The molecule has 0 atom stereocenters. The summed E-state index contributed by atoms with van der Waals surface area (Å²) in [4.78, 5) is 16.3. The lowest BCUT2D eigenvalue weighted by molar-refractivity contribution is -0.118. The molecule has 154 valence electrons. The first kappa shape index (κ1) is 22.1. The first-order valence-electron chi connectivity index (χ1n) is 9.29. The average molecular weight is 409 g/mol. The van der Waals surface area contributed by atoms with Crippen LogP contribution in [0.5, 0.6) is 0 Å². The summed E-state index contributed by atoms with van der Waals surface area (Å²) in [5.74, 6) is -0.615. The molecule has 0 saturated heterocycles. The van der Waals surface area contributed by atoms with Gasteiger partial charge in [-0.1, -0.05) is 18.2 Å². The molecule has 0 spiro atoms. The van der Waals surface area contributed by atoms with Crippen LogP contribution in [0.25, 0.3) is 11.5 Å². The van der Waals surface area contributed by atoms with Gasteiger partial charge in [0, 0.05) is 18.7 Å². The van der Waals surface area contributed by atoms with Gasteiger partial charge in [-0.05, 0) is 45.7 Å². The smallest absolute Gasteiger partial charge is 0.235 e. The van der Waals surface area contributed by atoms with Crippen LogP contribution in [-0.4, -0.2) is 44.3 Å². The number of hydrogen-bond acceptors (Lipinski definition) is 6. The number of nitrogens with zero attached hydrogens (tertiary/aromatic N) is 1. The number of ether oxygens (including phenoxy) is 1. The standard InChI is InChI=1S/C20H28N2O5S/c1-14(2)26-11-7-10-21-19(23)13-28(24,25)12-18-16(4)27-20(22-18)17-9-6-5-8-15(17)3/h5-6,8-9,14H,7,10-13H2,1-4H3,(H,21,23). The quantitative estimate of drug-likeness (QED) is 0.607. The highest BCUT2D eigenvalue weighted by molar-refractivity contribution is 7.91. The fourth-order valence-electron chi connectivity index (χ4n) is 2.62. The van der Waals surface area contributed by atoms with E-state index in [1.165, 1.54) is 0 Å². The van der Waals surface area contributed by atoms with E-state index >= 15 is 0 Å². The highest BCUT2D eigenvalue weighted by Gasteiger charge is 2.22. The number of carbonyl (C=O) groups is 1. The highest BCUT2D eigenvalue weighted by Crippen LogP contribution is 2.25. The Bertz CT molecular complexity index is 903. The number of aromatic nitrogens is 1. The zero-order valence-electron chi connectivity index (χ0n) is 16.8. The predicted molar refractivity (Wildman–Crippen MR) is 108 cm³/mol. The van der Waals surface area contributed by atoms with Crippen molar-refractivity contribution in [2.45, 2.75) is 46.0 Å². The zero-order valence-corrected chi connectivity index (χ0v) is 17.6. The fourth-order valence-corrected chi connectivity index (χ4v) is 3.91. The topological polar surface area (TPSA) is 98.5 Å². The molecule has 1 heterocycles. The van der Waals surface area contributed by atoms with E-state index in [0.29, 0.717) is 36.9 Å². The Morgan fingerprint density at radius 3 is 2.64 bits per heavy atom. The average Bonchev–Trinajstić information content (AvgIpc) is 2.94. The molecular weight excluding hydrogens is 380 g/mol. The fraction of sp³-hybridized carbons (Fsp3) is 0.500. The Hall–Kier alpha value is -2.19. The number of carbonyl (C=O) groups excluding carboxylic acids is 1. The van der Waals surface area contributed by atoms with Gasteiger partial charge in [-0.25, -0.2) is 13.4 Å². The molecule has 0 fully saturated rings. The van der Waals surface area contributed by atoms with Crippen molar-refractivity contribution >= 4 is 15.7 Å². The summed E-state index contributed by atoms with van der Waals surface area (Å²) < 4.78 is 35.8. The van der Waals surface area contributed by atoms with Gasteiger partial charge in [0.2, 0.25) is 11.8 Å². The number of benzene rings is 1. The summed E-state index contributed by atoms with van der Waals surface area (Å²) in [6, 6.07) is 7.58. The van der Waals surface area contributed by atoms with Gasteiger partial charge in [-0.2, -0.15) is 0 Å². The maximum absolute atomic E-state index is 12.4. The molecule has 1 N–H and O–H groups in total. The summed E-state index contributed by atoms with van der Waals surface area (Å²) in [7, 11) is -3.66. The van der Waals surface area contributed by atoms with Crippen molar-refractivity contribution < 1.29 is 22.4 Å². The molecule has 0 radical (unpaired) electrons. The lowest BCUT2D eigenvalue weighted by atomic mass is 10.1. The van der Waals surface area contributed by atoms with Gasteiger partial charge in [0.25, 0.3) is 0 Å². The van der Waals surface area contributed by atoms with Crippen molar-refractivity contribution in [3.05, 3.63) is 41.3 Å². The minimum Gasteiger partial charge on any atom is -0.441 e. The first-order valence-corrected chi connectivity index (χ1v) is 11.1. The minimum absolute atomic E-state index is 0.131. The van der Waals surface area contributed by atoms with Crippen LogP contribution < -0.4 is 5.32 Å². The number of amides is 1. The number of nitrogens with one attached hydrogen (secondary N) is 1. The molecule has 2 aromatic rings. The Morgan fingerprint density at radius 2 is 1.96 bits per heavy atom. The van der Waals surface area contributed by atoms with Crippen LogP contribution in [0.4, 0.5) is 0 Å². The van der Waals surface area contributed by atoms with Crippen LogP contribution >= 0.6 is 0 Å². The van der Waals surface area contributed by atoms with Gasteiger partial charge in [0.15, 0.2) is 9.84 Å². The lowest BCUT2D eigenvalue weighted by Crippen LogP contribution is -2.32. The van der Waals surface area contributed by atoms with Crippen LogP contribution in [0.3, 0.4) is 0 Å². The van der Waals surface area contributed by atoms with E-state index in [4.69, 9.17) is 9.15 Å². The van der Waals surface area contributed by atoms with E-state index in [1.54, 1.807) is 6.92 Å². The van der Waals surface area contributed by atoms with Crippen molar-refractivity contribution in [2.75, 3.05) is 18.9 Å². The van der Waals surface area contributed by atoms with Crippen LogP contribution in [0.2, 0.25) is 0 Å². The van der Waals surface area contributed by atoms with Crippen LogP contribution in [0.15, 0.2) is 28.7 Å². The third-order valence-corrected chi connectivity index (χ3v) is 5.49. The van der Waals surface area contributed by atoms with Crippen molar-refractivity contribution in [1.82, 2.24) is 10.3 Å². The van der Waals surface area contributed by atoms with Crippen molar-refractivity contribution in [2.24, 2.45) is 0 Å². The number of rotatable bonds is 10. The van der Waals surface area contributed by atoms with E-state index in [1.807, 2.05) is 45.0 Å². The van der Waals surface area contributed by atoms with Gasteiger partial charge < -0.3 is 14.5 Å². The molecule has 8 heteroatoms. The van der Waals surface area contributed by atoms with Crippen LogP contribution in [0, 0.1) is 13.8 Å². The van der Waals surface area contributed by atoms with E-state index in [9.17, 15) is 13.2 Å². The third-order valence-electron chi connectivity index (χ3n) is 4.07. The maximum Gasteiger partial charge on any atom is 0.235 e. The minimum atomic E-state index is -3.66. The van der Waals surface area contributed by atoms with Crippen molar-refractivity contribution in [1.29, 1.82) is 0 Å². The molecule has 1 amide bonds. The first-order chi connectivity index (χ1) is 13.2. The second kappa shape index (κ2) is 9.84. The molecule has 1 aromatic carbocycles. The molecule has 0 bridgehead atoms. The SMILES string of the molecule is Cc1ccccc1-c1nc(CS(=O)(=O)CC(=O)NCCCOC(C)C)c(C)o1. The summed E-state index contributed by atoms with van der Waals surface area (Å²) in [5.41, 5.74) is 2.13. The number of sulfone groups is 1. The summed E-state index contributed by atoms with van der Waals surface area (Å²) in [6.07, 6.45) is 0.762. The van der Waals surface area contributed by atoms with Gasteiger partial charge >= 0.3 is 0 Å². The molecule has 2 rings (SSSR count). The molecule has 7 nitrogen and oxygen atoms in total. The normalized spacial score (nSPS) is 11.8. The second-order valence-electron chi connectivity index (χ2n) is 6.99. The van der Waals surface area contributed by atoms with E-state index in [2.05, 4.69) is 10.3 Å². The van der Waals surface area contributed by atoms with Gasteiger partial charge in [0.05, 0.1) is 17.6 Å². The van der Waals surface area contributed by atoms with E-state index in [0.717, 1.165) is 11.1 Å². The zero-order chi connectivity index (χ0) is 20.7. The Morgan fingerprint density at radius 1 is 1.25 bits per heavy atom. The molecule has 0 unspecified atom stereocenters. The molecule has 0 saturated carbocycles. The monoisotopic (exact) mass is 408 g/mol. The number of oxazole rings is 1. The molecule has 28 heavy (non-hydrogen) atoms. The third kappa shape index (κ3) is 6.76. The van der Waals surface area contributed by atoms with E-state index < -0.39 is 21.5 Å². The van der Waals surface area contributed by atoms with E-state index in [-0.39, 0.29) is 11.9 Å². The Kier molecular flexibility index (Phi) is 7.77. The predicted octanol–water partition coefficient (Wildman–Crippen LogP) is 2.80. The van der Waals surface area contributed by atoms with Gasteiger partial charge in [0.1, 0.15) is 11.5 Å². The van der Waals surface area contributed by atoms with Crippen LogP contribution in [0.1, 0.15) is 37.3 Å². The van der Waals surface area contributed by atoms with Gasteiger partial charge in [-0.3, -0.25) is 4.79 Å². The lowest BCUT2D eigenvalue weighted by Gasteiger charge is -2.08. The van der Waals surface area contributed by atoms with Crippen LogP contribution in [-0.2, 0) is 25.1 Å². The highest BCUT2D eigenvalue weighted by atomic mass is 32.2. The number of hydrogen-bond donors (Lipinski definition) is 1. The van der Waals surface area contributed by atoms with Crippen molar-refractivity contribution in [3.8, 4) is 11.5 Å². The largest absolute Gasteiger partial charge is 0.441 e. The molecule has 0 aliphatic rings. The molecular formula is C20H28N2O5S. The Labute approximate surface area is 166 Å². The second-order valence-corrected chi connectivity index (χ2v) is 9.06. The Balaban J connectivity index is 1.93. The summed E-state index contributed by atoms with van der Waals surface area (Å²) in [6.45, 7) is 8.37. The molecule has 0 aliphatic heterocycles. The number of aryl methyl sites for hydroxylation is 2. The van der Waals surface area contributed by atoms with Gasteiger partial charge in [-0.15, -0.1) is 0 Å². The summed E-state index contributed by atoms with van der Waals surface area (Å²) in [5, 5.41) is 2.61. The molecule has 0 aliphatic carbocycles.